The van der Waals surface area contributed by atoms with Gasteiger partial charge < -0.3 is 15.3 Å². The molecular weight excluding hydrogens is 512 g/mol. The Kier molecular flexibility index (Phi) is 8.47. The fraction of sp³-hybridized carbons (Fsp3) is 0.290. The van der Waals surface area contributed by atoms with Crippen molar-refractivity contribution in [1.29, 1.82) is 0 Å². The number of aliphatic carboxylic acids is 1. The van der Waals surface area contributed by atoms with Crippen molar-refractivity contribution in [3.8, 4) is 0 Å². The summed E-state index contributed by atoms with van der Waals surface area (Å²) in [6.07, 6.45) is 0.897. The number of hydrogen-bond donors (Lipinski definition) is 2. The predicted octanol–water partition coefficient (Wildman–Crippen LogP) is 6.67. The average Bonchev–Trinajstić information content (AvgIpc) is 3.43. The number of nitrogens with one attached hydrogen (secondary N) is 1. The van der Waals surface area contributed by atoms with Gasteiger partial charge in [-0.1, -0.05) is 72.8 Å². The van der Waals surface area contributed by atoms with Gasteiger partial charge in [-0.05, 0) is 58.5 Å². The minimum atomic E-state index is -0.880. The summed E-state index contributed by atoms with van der Waals surface area (Å²) in [6.45, 7) is 4.35. The summed E-state index contributed by atoms with van der Waals surface area (Å²) < 4.78 is 0. The fourth-order valence-corrected chi connectivity index (χ4v) is 7.30. The van der Waals surface area contributed by atoms with E-state index in [2.05, 4.69) is 79.0 Å². The first kappa shape index (κ1) is 26.5. The van der Waals surface area contributed by atoms with Crippen LogP contribution < -0.4 is 5.32 Å². The molecule has 2 N–H and O–H groups in total. The van der Waals surface area contributed by atoms with Crippen LogP contribution in [0.25, 0.3) is 10.8 Å². The van der Waals surface area contributed by atoms with Crippen LogP contribution in [0, 0.1) is 5.92 Å². The van der Waals surface area contributed by atoms with Gasteiger partial charge in [0.1, 0.15) is 4.88 Å². The molecule has 0 radical (unpaired) electrons. The number of carbonyl (C=O) groups is 2. The lowest BCUT2D eigenvalue weighted by Crippen LogP contribution is -2.46. The van der Waals surface area contributed by atoms with Crippen LogP contribution in [-0.2, 0) is 4.79 Å². The number of thioether (sulfide) groups is 1. The normalized spacial score (nSPS) is 18.4. The van der Waals surface area contributed by atoms with Gasteiger partial charge in [0.2, 0.25) is 0 Å². The number of carboxylic acids is 1. The van der Waals surface area contributed by atoms with E-state index in [9.17, 15) is 9.59 Å². The number of rotatable bonds is 9. The van der Waals surface area contributed by atoms with Gasteiger partial charge in [0.25, 0.3) is 5.91 Å². The molecule has 3 atom stereocenters. The Balaban J connectivity index is 1.34. The first-order valence-corrected chi connectivity index (χ1v) is 14.8. The molecule has 0 saturated carbocycles. The van der Waals surface area contributed by atoms with Crippen LogP contribution in [0.5, 0.6) is 0 Å². The third-order valence-electron chi connectivity index (χ3n) is 7.40. The monoisotopic (exact) mass is 544 g/mol. The molecule has 5 nitrogen and oxygen atoms in total. The topological polar surface area (TPSA) is 69.6 Å². The van der Waals surface area contributed by atoms with E-state index in [0.29, 0.717) is 23.9 Å². The molecule has 1 saturated heterocycles. The molecule has 3 aromatic carbocycles. The molecule has 0 bridgehead atoms. The molecule has 5 rings (SSSR count). The number of carboxylic acid groups (broad SMARTS) is 1. The van der Waals surface area contributed by atoms with Gasteiger partial charge in [0, 0.05) is 30.6 Å². The minimum absolute atomic E-state index is 0.00602. The van der Waals surface area contributed by atoms with Gasteiger partial charge >= 0.3 is 5.97 Å². The van der Waals surface area contributed by atoms with E-state index in [1.807, 2.05) is 22.4 Å². The second-order valence-corrected chi connectivity index (χ2v) is 11.7. The number of thiophene rings is 1. The van der Waals surface area contributed by atoms with Crippen molar-refractivity contribution in [1.82, 2.24) is 10.2 Å². The molecule has 196 valence electrons. The van der Waals surface area contributed by atoms with Crippen molar-refractivity contribution in [2.75, 3.05) is 25.4 Å². The Morgan fingerprint density at radius 2 is 1.82 bits per heavy atom. The number of hydrogen-bond acceptors (Lipinski definition) is 5. The Labute approximate surface area is 231 Å². The SMILES string of the molecule is C[C@@H](NCC1CN(C(=O)c2sccc2SCC(=O)O)CCC1c1ccccc1)c1cccc2ccccc12. The second-order valence-electron chi connectivity index (χ2n) is 9.81. The highest BCUT2D eigenvalue weighted by molar-refractivity contribution is 8.00. The smallest absolute Gasteiger partial charge is 0.313 e. The van der Waals surface area contributed by atoms with Gasteiger partial charge in [-0.2, -0.15) is 0 Å². The third kappa shape index (κ3) is 5.96. The Bertz CT molecular complexity index is 1400. The van der Waals surface area contributed by atoms with Gasteiger partial charge in [-0.3, -0.25) is 9.59 Å². The molecule has 1 aliphatic rings. The van der Waals surface area contributed by atoms with E-state index >= 15 is 0 Å². The molecule has 7 heteroatoms. The number of fused-ring (bicyclic) bond motifs is 1. The molecule has 0 spiro atoms. The zero-order chi connectivity index (χ0) is 26.5. The molecule has 2 heterocycles. The van der Waals surface area contributed by atoms with E-state index in [1.165, 1.54) is 45.0 Å². The predicted molar refractivity (Wildman–Crippen MR) is 156 cm³/mol. The number of nitrogens with zero attached hydrogens (tertiary/aromatic N) is 1. The van der Waals surface area contributed by atoms with Crippen LogP contribution in [-0.4, -0.2) is 47.3 Å². The lowest BCUT2D eigenvalue weighted by Gasteiger charge is -2.39. The Morgan fingerprint density at radius 1 is 1.05 bits per heavy atom. The zero-order valence-corrected chi connectivity index (χ0v) is 23.0. The first-order valence-electron chi connectivity index (χ1n) is 13.0. The van der Waals surface area contributed by atoms with Crippen LogP contribution in [0.2, 0.25) is 0 Å². The first-order chi connectivity index (χ1) is 18.5. The molecular formula is C31H32N2O3S2. The molecule has 1 fully saturated rings. The summed E-state index contributed by atoms with van der Waals surface area (Å²) in [6, 6.07) is 27.6. The number of benzene rings is 3. The molecule has 1 aliphatic heterocycles. The lowest BCUT2D eigenvalue weighted by molar-refractivity contribution is -0.133. The largest absolute Gasteiger partial charge is 0.481 e. The van der Waals surface area contributed by atoms with Gasteiger partial charge in [-0.25, -0.2) is 0 Å². The summed E-state index contributed by atoms with van der Waals surface area (Å²) in [5.74, 6) is -0.313. The molecule has 1 aromatic heterocycles. The average molecular weight is 545 g/mol. The van der Waals surface area contributed by atoms with Crippen molar-refractivity contribution in [2.45, 2.75) is 30.2 Å². The van der Waals surface area contributed by atoms with Crippen LogP contribution in [0.1, 0.15) is 46.1 Å². The maximum atomic E-state index is 13.6. The van der Waals surface area contributed by atoms with Crippen molar-refractivity contribution in [3.63, 3.8) is 0 Å². The van der Waals surface area contributed by atoms with Crippen molar-refractivity contribution < 1.29 is 14.7 Å². The Morgan fingerprint density at radius 3 is 2.63 bits per heavy atom. The summed E-state index contributed by atoms with van der Waals surface area (Å²) in [5.41, 5.74) is 2.60. The number of carbonyl (C=O) groups excluding carboxylic acids is 1. The minimum Gasteiger partial charge on any atom is -0.481 e. The molecule has 38 heavy (non-hydrogen) atoms. The number of amides is 1. The van der Waals surface area contributed by atoms with Gasteiger partial charge in [-0.15, -0.1) is 23.1 Å². The van der Waals surface area contributed by atoms with E-state index in [4.69, 9.17) is 5.11 Å². The Hall–Kier alpha value is -3.13. The van der Waals surface area contributed by atoms with Crippen molar-refractivity contribution in [2.24, 2.45) is 5.92 Å². The highest BCUT2D eigenvalue weighted by atomic mass is 32.2. The maximum Gasteiger partial charge on any atom is 0.313 e. The quantitative estimate of drug-likeness (QED) is 0.230. The maximum absolute atomic E-state index is 13.6. The van der Waals surface area contributed by atoms with Crippen LogP contribution in [0.3, 0.4) is 0 Å². The van der Waals surface area contributed by atoms with Crippen LogP contribution in [0.15, 0.2) is 89.1 Å². The number of piperidine rings is 1. The molecule has 1 amide bonds. The molecule has 0 aliphatic carbocycles. The standard InChI is InChI=1S/C31H32N2O3S2/c1-21(25-13-7-11-23-10-5-6-12-27(23)25)32-18-24-19-33(16-14-26(24)22-8-3-2-4-9-22)31(36)30-28(15-17-37-30)38-20-29(34)35/h2-13,15,17,21,24,26,32H,14,16,18-20H2,1H3,(H,34,35)/t21-,24?,26?/m1/s1. The highest BCUT2D eigenvalue weighted by Crippen LogP contribution is 2.36. The van der Waals surface area contributed by atoms with E-state index in [-0.39, 0.29) is 23.6 Å². The highest BCUT2D eigenvalue weighted by Gasteiger charge is 2.34. The number of likely N-dealkylation sites (tertiary alicyclic amines) is 1. The molecule has 4 aromatic rings. The summed E-state index contributed by atoms with van der Waals surface area (Å²) in [7, 11) is 0. The van der Waals surface area contributed by atoms with Crippen LogP contribution >= 0.6 is 23.1 Å². The van der Waals surface area contributed by atoms with Gasteiger partial charge in [0.15, 0.2) is 0 Å². The fourth-order valence-electron chi connectivity index (χ4n) is 5.48. The summed E-state index contributed by atoms with van der Waals surface area (Å²) >= 11 is 2.61. The zero-order valence-electron chi connectivity index (χ0n) is 21.4. The van der Waals surface area contributed by atoms with E-state index < -0.39 is 5.97 Å². The lowest BCUT2D eigenvalue weighted by atomic mass is 9.80. The third-order valence-corrected chi connectivity index (χ3v) is 9.47. The molecule has 2 unspecified atom stereocenters. The van der Waals surface area contributed by atoms with Gasteiger partial charge in [0.05, 0.1) is 5.75 Å². The van der Waals surface area contributed by atoms with Crippen LogP contribution in [0.4, 0.5) is 0 Å². The van der Waals surface area contributed by atoms with Crippen molar-refractivity contribution in [3.05, 3.63) is 100 Å². The summed E-state index contributed by atoms with van der Waals surface area (Å²) in [4.78, 5) is 28.0. The second kappa shape index (κ2) is 12.2. The van der Waals surface area contributed by atoms with E-state index in [1.54, 1.807) is 0 Å². The summed E-state index contributed by atoms with van der Waals surface area (Å²) in [5, 5.41) is 17.3. The van der Waals surface area contributed by atoms with E-state index in [0.717, 1.165) is 17.9 Å². The van der Waals surface area contributed by atoms with Crippen molar-refractivity contribution >= 4 is 45.7 Å².